The van der Waals surface area contributed by atoms with E-state index in [9.17, 15) is 0 Å². The van der Waals surface area contributed by atoms with Crippen LogP contribution in [0.1, 0.15) is 22.8 Å². The highest BCUT2D eigenvalue weighted by Crippen LogP contribution is 2.24. The minimum atomic E-state index is 0. The third-order valence-corrected chi connectivity index (χ3v) is 5.47. The van der Waals surface area contributed by atoms with Gasteiger partial charge in [-0.15, -0.1) is 24.0 Å². The molecule has 0 radical (unpaired) electrons. The number of morpholine rings is 1. The van der Waals surface area contributed by atoms with Crippen LogP contribution in [0.15, 0.2) is 72.0 Å². The Morgan fingerprint density at radius 2 is 1.94 bits per heavy atom. The van der Waals surface area contributed by atoms with Gasteiger partial charge in [-0.2, -0.15) is 5.10 Å². The second-order valence-electron chi connectivity index (χ2n) is 7.51. The van der Waals surface area contributed by atoms with Crippen LogP contribution in [0.4, 0.5) is 0 Å². The molecule has 1 unspecified atom stereocenters. The van der Waals surface area contributed by atoms with Crippen molar-refractivity contribution >= 4 is 29.9 Å². The molecule has 1 fully saturated rings. The number of aliphatic imine (C=N–C) groups is 1. The van der Waals surface area contributed by atoms with Crippen LogP contribution in [0.3, 0.4) is 0 Å². The van der Waals surface area contributed by atoms with Crippen LogP contribution in [0.25, 0.3) is 5.69 Å². The van der Waals surface area contributed by atoms with E-state index >= 15 is 0 Å². The highest BCUT2D eigenvalue weighted by molar-refractivity contribution is 14.0. The van der Waals surface area contributed by atoms with Gasteiger partial charge >= 0.3 is 0 Å². The Morgan fingerprint density at radius 3 is 2.71 bits per heavy atom. The fourth-order valence-electron chi connectivity index (χ4n) is 3.84. The summed E-state index contributed by atoms with van der Waals surface area (Å²) < 4.78 is 7.97. The number of ether oxygens (including phenoxy) is 1. The Balaban J connectivity index is 0.00000272. The maximum Gasteiger partial charge on any atom is 0.193 e. The van der Waals surface area contributed by atoms with Crippen LogP contribution in [-0.2, 0) is 11.2 Å². The molecule has 31 heavy (non-hydrogen) atoms. The van der Waals surface area contributed by atoms with E-state index in [1.807, 2.05) is 36.1 Å². The lowest BCUT2D eigenvalue weighted by Crippen LogP contribution is -2.48. The second kappa shape index (κ2) is 11.3. The molecule has 2 aromatic carbocycles. The first-order chi connectivity index (χ1) is 14.7. The Hall–Kier alpha value is -2.39. The summed E-state index contributed by atoms with van der Waals surface area (Å²) in [5.74, 6) is 0.923. The van der Waals surface area contributed by atoms with Crippen molar-refractivity contribution in [2.24, 2.45) is 4.99 Å². The molecule has 4 rings (SSSR count). The highest BCUT2D eigenvalue weighted by atomic mass is 127. The summed E-state index contributed by atoms with van der Waals surface area (Å²) in [5.41, 5.74) is 4.79. The van der Waals surface area contributed by atoms with Crippen molar-refractivity contribution in [3.63, 3.8) is 0 Å². The molecule has 0 saturated carbocycles. The summed E-state index contributed by atoms with van der Waals surface area (Å²) in [4.78, 5) is 6.79. The number of para-hydroxylation sites is 1. The lowest BCUT2D eigenvalue weighted by atomic mass is 10.0. The summed E-state index contributed by atoms with van der Waals surface area (Å²) in [6.45, 7) is 5.29. The summed E-state index contributed by atoms with van der Waals surface area (Å²) in [7, 11) is 1.84. The largest absolute Gasteiger partial charge is 0.370 e. The van der Waals surface area contributed by atoms with Crippen molar-refractivity contribution in [1.29, 1.82) is 0 Å². The first-order valence-electron chi connectivity index (χ1n) is 10.5. The number of hydrogen-bond donors (Lipinski definition) is 1. The van der Waals surface area contributed by atoms with E-state index in [2.05, 4.69) is 69.8 Å². The molecule has 6 nitrogen and oxygen atoms in total. The molecule has 7 heteroatoms. The number of halogens is 1. The average molecular weight is 531 g/mol. The van der Waals surface area contributed by atoms with E-state index in [0.717, 1.165) is 37.7 Å². The number of benzene rings is 2. The number of aryl methyl sites for hydroxylation is 1. The van der Waals surface area contributed by atoms with Crippen molar-refractivity contribution in [2.75, 3.05) is 33.3 Å². The summed E-state index contributed by atoms with van der Waals surface area (Å²) in [6.07, 6.45) is 4.98. The third-order valence-electron chi connectivity index (χ3n) is 5.47. The zero-order valence-electron chi connectivity index (χ0n) is 18.1. The number of guanidine groups is 1. The van der Waals surface area contributed by atoms with E-state index in [1.54, 1.807) is 0 Å². The summed E-state index contributed by atoms with van der Waals surface area (Å²) >= 11 is 0. The predicted octanol–water partition coefficient (Wildman–Crippen LogP) is 3.99. The summed E-state index contributed by atoms with van der Waals surface area (Å²) in [5, 5.41) is 7.98. The zero-order valence-corrected chi connectivity index (χ0v) is 20.4. The molecule has 1 saturated heterocycles. The van der Waals surface area contributed by atoms with Crippen LogP contribution in [0, 0.1) is 6.92 Å². The third kappa shape index (κ3) is 5.86. The van der Waals surface area contributed by atoms with Crippen molar-refractivity contribution < 1.29 is 4.74 Å². The molecule has 1 N–H and O–H groups in total. The second-order valence-corrected chi connectivity index (χ2v) is 7.51. The quantitative estimate of drug-likeness (QED) is 0.308. The van der Waals surface area contributed by atoms with Gasteiger partial charge in [0.05, 0.1) is 25.0 Å². The van der Waals surface area contributed by atoms with Crippen LogP contribution in [-0.4, -0.2) is 53.9 Å². The predicted molar refractivity (Wildman–Crippen MR) is 135 cm³/mol. The first-order valence-corrected chi connectivity index (χ1v) is 10.5. The van der Waals surface area contributed by atoms with Gasteiger partial charge in [-0.1, -0.05) is 42.5 Å². The fraction of sp³-hybridized carbons (Fsp3) is 0.333. The minimum Gasteiger partial charge on any atom is -0.370 e. The van der Waals surface area contributed by atoms with Crippen molar-refractivity contribution in [3.05, 3.63) is 83.7 Å². The van der Waals surface area contributed by atoms with Gasteiger partial charge in [0.2, 0.25) is 0 Å². The fourth-order valence-corrected chi connectivity index (χ4v) is 3.84. The topological polar surface area (TPSA) is 54.7 Å². The normalized spacial score (nSPS) is 16.6. The number of nitrogens with one attached hydrogen (secondary N) is 1. The maximum absolute atomic E-state index is 6.05. The molecule has 2 heterocycles. The number of rotatable bonds is 5. The molecule has 164 valence electrons. The Morgan fingerprint density at radius 1 is 1.16 bits per heavy atom. The van der Waals surface area contributed by atoms with Gasteiger partial charge in [-0.05, 0) is 42.2 Å². The molecule has 1 aliphatic heterocycles. The molecule has 0 spiro atoms. The van der Waals surface area contributed by atoms with E-state index in [1.165, 1.54) is 16.7 Å². The standard InChI is InChI=1S/C24H29N5O.HI/c1-19-8-6-7-11-22(19)23-18-28(14-15-30-23)24(25-2)26-13-12-20-16-27-29(17-20)21-9-4-3-5-10-21;/h3-11,16-17,23H,12-15,18H2,1-2H3,(H,25,26);1H. The molecular formula is C24H30IN5O. The molecule has 0 bridgehead atoms. The molecular weight excluding hydrogens is 501 g/mol. The SMILES string of the molecule is CN=C(NCCc1cnn(-c2ccccc2)c1)N1CCOC(c2ccccc2C)C1.I. The van der Waals surface area contributed by atoms with E-state index in [-0.39, 0.29) is 30.1 Å². The molecule has 0 aliphatic carbocycles. The summed E-state index contributed by atoms with van der Waals surface area (Å²) in [6, 6.07) is 18.6. The lowest BCUT2D eigenvalue weighted by molar-refractivity contribution is -0.00829. The van der Waals surface area contributed by atoms with Crippen molar-refractivity contribution in [1.82, 2.24) is 20.0 Å². The number of aromatic nitrogens is 2. The van der Waals surface area contributed by atoms with E-state index in [0.29, 0.717) is 6.61 Å². The number of nitrogens with zero attached hydrogens (tertiary/aromatic N) is 4. The molecule has 0 amide bonds. The molecule has 3 aromatic rings. The van der Waals surface area contributed by atoms with Gasteiger partial charge in [0.25, 0.3) is 0 Å². The number of hydrogen-bond acceptors (Lipinski definition) is 3. The maximum atomic E-state index is 6.05. The molecule has 1 atom stereocenters. The van der Waals surface area contributed by atoms with Crippen molar-refractivity contribution in [3.8, 4) is 5.69 Å². The van der Waals surface area contributed by atoms with Crippen LogP contribution in [0.5, 0.6) is 0 Å². The van der Waals surface area contributed by atoms with Crippen LogP contribution < -0.4 is 5.32 Å². The molecule has 1 aliphatic rings. The van der Waals surface area contributed by atoms with Crippen LogP contribution >= 0.6 is 24.0 Å². The monoisotopic (exact) mass is 531 g/mol. The van der Waals surface area contributed by atoms with Gasteiger partial charge in [0, 0.05) is 26.3 Å². The van der Waals surface area contributed by atoms with E-state index in [4.69, 9.17) is 4.74 Å². The Bertz CT molecular complexity index is 988. The average Bonchev–Trinajstić information content (AvgIpc) is 3.27. The van der Waals surface area contributed by atoms with Crippen LogP contribution in [0.2, 0.25) is 0 Å². The Labute approximate surface area is 201 Å². The van der Waals surface area contributed by atoms with Gasteiger partial charge in [-0.3, -0.25) is 4.99 Å². The lowest BCUT2D eigenvalue weighted by Gasteiger charge is -2.35. The highest BCUT2D eigenvalue weighted by Gasteiger charge is 2.25. The van der Waals surface area contributed by atoms with E-state index < -0.39 is 0 Å². The minimum absolute atomic E-state index is 0. The Kier molecular flexibility index (Phi) is 8.48. The van der Waals surface area contributed by atoms with Gasteiger partial charge < -0.3 is 15.0 Å². The van der Waals surface area contributed by atoms with Gasteiger partial charge in [0.15, 0.2) is 5.96 Å². The first kappa shape index (κ1) is 23.3. The van der Waals surface area contributed by atoms with Crippen molar-refractivity contribution in [2.45, 2.75) is 19.4 Å². The smallest absolute Gasteiger partial charge is 0.193 e. The van der Waals surface area contributed by atoms with Gasteiger partial charge in [-0.25, -0.2) is 4.68 Å². The van der Waals surface area contributed by atoms with Gasteiger partial charge in [0.1, 0.15) is 6.10 Å². The zero-order chi connectivity index (χ0) is 20.8. The molecule has 1 aromatic heterocycles.